The van der Waals surface area contributed by atoms with Crippen molar-refractivity contribution in [2.45, 2.75) is 12.5 Å². The monoisotopic (exact) mass is 115 g/mol. The third kappa shape index (κ3) is 1.05. The van der Waals surface area contributed by atoms with Crippen LogP contribution in [0.1, 0.15) is 6.42 Å². The number of Topliss-reactive ketones (excluding diaryl/α,β-unsaturated/α-hetero) is 1. The lowest BCUT2D eigenvalue weighted by Gasteiger charge is -2.15. The fourth-order valence-corrected chi connectivity index (χ4v) is 0.661. The number of carbonyl (C=O) groups is 1. The molecule has 0 saturated carbocycles. The van der Waals surface area contributed by atoms with Crippen molar-refractivity contribution in [3.05, 3.63) is 0 Å². The van der Waals surface area contributed by atoms with Crippen LogP contribution in [0.5, 0.6) is 0 Å². The summed E-state index contributed by atoms with van der Waals surface area (Å²) in [4.78, 5) is 10.6. The second-order valence-electron chi connectivity index (χ2n) is 1.90. The number of hydrogen-bond acceptors (Lipinski definition) is 3. The van der Waals surface area contributed by atoms with Gasteiger partial charge in [-0.05, 0) is 0 Å². The Hall–Kier alpha value is -0.410. The molecule has 1 rings (SSSR count). The van der Waals surface area contributed by atoms with Gasteiger partial charge in [0.2, 0.25) is 0 Å². The molecule has 1 heterocycles. The number of nitrogens with two attached hydrogens (primary N) is 1. The molecule has 1 saturated heterocycles. The third-order valence-corrected chi connectivity index (χ3v) is 1.20. The van der Waals surface area contributed by atoms with E-state index in [1.165, 1.54) is 0 Å². The van der Waals surface area contributed by atoms with Gasteiger partial charge in [-0.2, -0.15) is 0 Å². The molecule has 0 aromatic carbocycles. The maximum Gasteiger partial charge on any atom is 0.154 e. The first-order valence-electron chi connectivity index (χ1n) is 2.67. The molecule has 1 fully saturated rings. The van der Waals surface area contributed by atoms with E-state index in [1.54, 1.807) is 0 Å². The van der Waals surface area contributed by atoms with Crippen LogP contribution in [-0.4, -0.2) is 25.0 Å². The quantitative estimate of drug-likeness (QED) is 0.454. The summed E-state index contributed by atoms with van der Waals surface area (Å²) in [5, 5.41) is 0. The molecule has 1 atom stereocenters. The molecule has 46 valence electrons. The summed E-state index contributed by atoms with van der Waals surface area (Å²) in [5.74, 6) is 0.122. The molecule has 8 heavy (non-hydrogen) atoms. The highest BCUT2D eigenvalue weighted by atomic mass is 16.5. The van der Waals surface area contributed by atoms with E-state index in [-0.39, 0.29) is 11.8 Å². The standard InChI is InChI=1S/C5H9NO2/c6-4-3-8-2-1-5(4)7/h4H,1-3,6H2. The summed E-state index contributed by atoms with van der Waals surface area (Å²) in [6, 6.07) is -0.358. The van der Waals surface area contributed by atoms with Gasteiger partial charge < -0.3 is 10.5 Å². The van der Waals surface area contributed by atoms with E-state index in [9.17, 15) is 4.79 Å². The van der Waals surface area contributed by atoms with Crippen molar-refractivity contribution in [3.63, 3.8) is 0 Å². The van der Waals surface area contributed by atoms with Gasteiger partial charge in [0.05, 0.1) is 19.3 Å². The van der Waals surface area contributed by atoms with E-state index in [1.807, 2.05) is 0 Å². The first kappa shape index (κ1) is 5.72. The zero-order valence-corrected chi connectivity index (χ0v) is 4.59. The van der Waals surface area contributed by atoms with E-state index >= 15 is 0 Å². The molecule has 1 aliphatic rings. The molecule has 1 unspecified atom stereocenters. The number of ether oxygens (including phenoxy) is 1. The van der Waals surface area contributed by atoms with Crippen LogP contribution in [0.4, 0.5) is 0 Å². The van der Waals surface area contributed by atoms with Crippen molar-refractivity contribution in [3.8, 4) is 0 Å². The normalized spacial score (nSPS) is 30.6. The molecular weight excluding hydrogens is 106 g/mol. The molecule has 0 amide bonds. The zero-order chi connectivity index (χ0) is 5.98. The van der Waals surface area contributed by atoms with Crippen LogP contribution >= 0.6 is 0 Å². The van der Waals surface area contributed by atoms with Crippen molar-refractivity contribution >= 4 is 5.78 Å². The van der Waals surface area contributed by atoms with Crippen molar-refractivity contribution in [1.82, 2.24) is 0 Å². The number of carbonyl (C=O) groups excluding carboxylic acids is 1. The fraction of sp³-hybridized carbons (Fsp3) is 0.800. The zero-order valence-electron chi connectivity index (χ0n) is 4.59. The van der Waals surface area contributed by atoms with Gasteiger partial charge >= 0.3 is 0 Å². The molecule has 2 N–H and O–H groups in total. The molecule has 3 heteroatoms. The van der Waals surface area contributed by atoms with E-state index in [4.69, 9.17) is 10.5 Å². The second-order valence-corrected chi connectivity index (χ2v) is 1.90. The van der Waals surface area contributed by atoms with Gasteiger partial charge in [-0.3, -0.25) is 4.79 Å². The van der Waals surface area contributed by atoms with Gasteiger partial charge in [0.25, 0.3) is 0 Å². The summed E-state index contributed by atoms with van der Waals surface area (Å²) >= 11 is 0. The largest absolute Gasteiger partial charge is 0.379 e. The topological polar surface area (TPSA) is 52.3 Å². The molecule has 0 aromatic rings. The van der Waals surface area contributed by atoms with Crippen molar-refractivity contribution < 1.29 is 9.53 Å². The van der Waals surface area contributed by atoms with Gasteiger partial charge in [-0.15, -0.1) is 0 Å². The van der Waals surface area contributed by atoms with Crippen LogP contribution in [0.3, 0.4) is 0 Å². The third-order valence-electron chi connectivity index (χ3n) is 1.20. The fourth-order valence-electron chi connectivity index (χ4n) is 0.661. The SMILES string of the molecule is NC1COCCC1=O. The summed E-state index contributed by atoms with van der Waals surface area (Å²) in [6.07, 6.45) is 0.487. The smallest absolute Gasteiger partial charge is 0.154 e. The molecule has 0 aromatic heterocycles. The first-order chi connectivity index (χ1) is 3.80. The Morgan fingerprint density at radius 3 is 2.88 bits per heavy atom. The minimum absolute atomic E-state index is 0.122. The number of ketones is 1. The Kier molecular flexibility index (Phi) is 1.60. The lowest BCUT2D eigenvalue weighted by molar-refractivity contribution is -0.126. The second kappa shape index (κ2) is 2.24. The highest BCUT2D eigenvalue weighted by Gasteiger charge is 2.17. The predicted octanol–water partition coefficient (Wildman–Crippen LogP) is -0.697. The van der Waals surface area contributed by atoms with E-state index in [0.29, 0.717) is 19.6 Å². The van der Waals surface area contributed by atoms with Crippen LogP contribution in [0.15, 0.2) is 0 Å². The predicted molar refractivity (Wildman–Crippen MR) is 28.4 cm³/mol. The van der Waals surface area contributed by atoms with E-state index in [2.05, 4.69) is 0 Å². The Balaban J connectivity index is 2.39. The van der Waals surface area contributed by atoms with Crippen LogP contribution in [0, 0.1) is 0 Å². The maximum absolute atomic E-state index is 10.6. The average Bonchev–Trinajstić information content (AvgIpc) is 1.77. The molecule has 3 nitrogen and oxygen atoms in total. The van der Waals surface area contributed by atoms with Gasteiger partial charge in [0.1, 0.15) is 0 Å². The molecule has 0 radical (unpaired) electrons. The summed E-state index contributed by atoms with van der Waals surface area (Å²) < 4.78 is 4.91. The summed E-state index contributed by atoms with van der Waals surface area (Å²) in [7, 11) is 0. The average molecular weight is 115 g/mol. The Labute approximate surface area is 47.8 Å². The van der Waals surface area contributed by atoms with Crippen LogP contribution in [0.2, 0.25) is 0 Å². The van der Waals surface area contributed by atoms with Crippen LogP contribution < -0.4 is 5.73 Å². The van der Waals surface area contributed by atoms with Crippen LogP contribution in [0.25, 0.3) is 0 Å². The van der Waals surface area contributed by atoms with Gasteiger partial charge in [0.15, 0.2) is 5.78 Å². The van der Waals surface area contributed by atoms with Gasteiger partial charge in [-0.25, -0.2) is 0 Å². The molecule has 1 aliphatic heterocycles. The molecular formula is C5H9NO2. The Morgan fingerprint density at radius 1 is 1.75 bits per heavy atom. The maximum atomic E-state index is 10.6. The molecule has 0 spiro atoms. The minimum atomic E-state index is -0.358. The first-order valence-corrected chi connectivity index (χ1v) is 2.67. The molecule has 0 aliphatic carbocycles. The Morgan fingerprint density at radius 2 is 2.50 bits per heavy atom. The number of hydrogen-bond donors (Lipinski definition) is 1. The van der Waals surface area contributed by atoms with Crippen LogP contribution in [-0.2, 0) is 9.53 Å². The lowest BCUT2D eigenvalue weighted by Crippen LogP contribution is -2.39. The van der Waals surface area contributed by atoms with E-state index in [0.717, 1.165) is 0 Å². The number of rotatable bonds is 0. The van der Waals surface area contributed by atoms with E-state index < -0.39 is 0 Å². The Bertz CT molecular complexity index is 103. The lowest BCUT2D eigenvalue weighted by atomic mass is 10.1. The highest BCUT2D eigenvalue weighted by Crippen LogP contribution is 1.97. The minimum Gasteiger partial charge on any atom is -0.379 e. The van der Waals surface area contributed by atoms with Crippen molar-refractivity contribution in [1.29, 1.82) is 0 Å². The van der Waals surface area contributed by atoms with Gasteiger partial charge in [-0.1, -0.05) is 0 Å². The highest BCUT2D eigenvalue weighted by molar-refractivity contribution is 5.84. The van der Waals surface area contributed by atoms with Gasteiger partial charge in [0, 0.05) is 6.42 Å². The van der Waals surface area contributed by atoms with Crippen molar-refractivity contribution in [2.75, 3.05) is 13.2 Å². The summed E-state index contributed by atoms with van der Waals surface area (Å²) in [5.41, 5.74) is 5.30. The summed E-state index contributed by atoms with van der Waals surface area (Å²) in [6.45, 7) is 0.950. The van der Waals surface area contributed by atoms with Crippen molar-refractivity contribution in [2.24, 2.45) is 5.73 Å². The molecule has 0 bridgehead atoms.